The van der Waals surface area contributed by atoms with E-state index < -0.39 is 0 Å². The summed E-state index contributed by atoms with van der Waals surface area (Å²) in [5, 5.41) is 3.48. The van der Waals surface area contributed by atoms with Crippen molar-refractivity contribution >= 4 is 17.0 Å². The molecule has 2 aromatic heterocycles. The van der Waals surface area contributed by atoms with Crippen LogP contribution in [0.25, 0.3) is 11.2 Å². The van der Waals surface area contributed by atoms with Crippen LogP contribution in [0.4, 0.5) is 5.82 Å². The number of imidazole rings is 1. The Morgan fingerprint density at radius 2 is 2.06 bits per heavy atom. The normalized spacial score (nSPS) is 13.9. The molecule has 0 aromatic carbocycles. The van der Waals surface area contributed by atoms with Crippen molar-refractivity contribution < 1.29 is 0 Å². The maximum absolute atomic E-state index is 4.29. The van der Waals surface area contributed by atoms with Crippen LogP contribution in [0, 0.1) is 5.41 Å². The Morgan fingerprint density at radius 3 is 2.71 bits per heavy atom. The Kier molecular flexibility index (Phi) is 3.00. The minimum atomic E-state index is 0.187. The first-order valence-electron chi connectivity index (χ1n) is 5.93. The zero-order valence-corrected chi connectivity index (χ0v) is 10.8. The van der Waals surface area contributed by atoms with Crippen LogP contribution in [0.2, 0.25) is 0 Å². The van der Waals surface area contributed by atoms with E-state index in [0.717, 1.165) is 17.8 Å². The Hall–Kier alpha value is -1.65. The molecular weight excluding hydrogens is 214 g/mol. The SMILES string of the molecule is CC[C@@H](Nc1ncnc2nc[nH]c12)C(C)(C)C. The smallest absolute Gasteiger partial charge is 0.182 e. The van der Waals surface area contributed by atoms with Crippen LogP contribution in [0.5, 0.6) is 0 Å². The first-order chi connectivity index (χ1) is 8.02. The summed E-state index contributed by atoms with van der Waals surface area (Å²) in [6.07, 6.45) is 4.23. The van der Waals surface area contributed by atoms with E-state index in [1.165, 1.54) is 0 Å². The van der Waals surface area contributed by atoms with E-state index in [1.54, 1.807) is 12.7 Å². The monoisotopic (exact) mass is 233 g/mol. The summed E-state index contributed by atoms with van der Waals surface area (Å²) in [5.41, 5.74) is 1.76. The zero-order chi connectivity index (χ0) is 12.5. The molecule has 0 amide bonds. The van der Waals surface area contributed by atoms with Gasteiger partial charge < -0.3 is 10.3 Å². The van der Waals surface area contributed by atoms with Gasteiger partial charge in [0.1, 0.15) is 11.8 Å². The standard InChI is InChI=1S/C12H19N5/c1-5-8(12(2,3)4)17-11-9-10(14-6-13-9)15-7-16-11/h6-8H,5H2,1-4H3,(H2,13,14,15,16,17)/t8-/m1/s1. The highest BCUT2D eigenvalue weighted by molar-refractivity contribution is 5.82. The van der Waals surface area contributed by atoms with Gasteiger partial charge in [0, 0.05) is 6.04 Å². The molecule has 0 aliphatic rings. The molecule has 5 nitrogen and oxygen atoms in total. The van der Waals surface area contributed by atoms with E-state index in [9.17, 15) is 0 Å². The van der Waals surface area contributed by atoms with Gasteiger partial charge in [-0.1, -0.05) is 27.7 Å². The number of nitrogens with zero attached hydrogens (tertiary/aromatic N) is 3. The maximum atomic E-state index is 4.29. The number of hydrogen-bond acceptors (Lipinski definition) is 4. The number of aromatic amines is 1. The maximum Gasteiger partial charge on any atom is 0.182 e. The minimum absolute atomic E-state index is 0.187. The second kappa shape index (κ2) is 4.31. The summed E-state index contributed by atoms with van der Waals surface area (Å²) in [6.45, 7) is 8.84. The number of anilines is 1. The van der Waals surface area contributed by atoms with Gasteiger partial charge in [0.2, 0.25) is 0 Å². The number of H-pyrrole nitrogens is 1. The fourth-order valence-corrected chi connectivity index (χ4v) is 1.97. The van der Waals surface area contributed by atoms with Crippen molar-refractivity contribution in [3.63, 3.8) is 0 Å². The van der Waals surface area contributed by atoms with E-state index in [2.05, 4.69) is 52.9 Å². The molecule has 0 radical (unpaired) electrons. The molecule has 1 atom stereocenters. The molecule has 5 heteroatoms. The predicted octanol–water partition coefficient (Wildman–Crippen LogP) is 2.59. The lowest BCUT2D eigenvalue weighted by molar-refractivity contribution is 0.333. The number of rotatable bonds is 3. The lowest BCUT2D eigenvalue weighted by atomic mass is 9.85. The summed E-state index contributed by atoms with van der Waals surface area (Å²) in [5.74, 6) is 0.828. The average Bonchev–Trinajstić information content (AvgIpc) is 2.72. The molecular formula is C12H19N5. The van der Waals surface area contributed by atoms with Crippen molar-refractivity contribution in [2.75, 3.05) is 5.32 Å². The first-order valence-corrected chi connectivity index (χ1v) is 5.93. The third kappa shape index (κ3) is 2.38. The summed E-state index contributed by atoms with van der Waals surface area (Å²) in [6, 6.07) is 0.365. The van der Waals surface area contributed by atoms with Crippen LogP contribution in [-0.4, -0.2) is 26.0 Å². The highest BCUT2D eigenvalue weighted by Gasteiger charge is 2.23. The zero-order valence-electron chi connectivity index (χ0n) is 10.8. The summed E-state index contributed by atoms with van der Waals surface area (Å²) < 4.78 is 0. The van der Waals surface area contributed by atoms with Crippen LogP contribution in [0.1, 0.15) is 34.1 Å². The van der Waals surface area contributed by atoms with Gasteiger partial charge in [-0.25, -0.2) is 15.0 Å². The molecule has 0 spiro atoms. The Bertz CT molecular complexity index is 497. The highest BCUT2D eigenvalue weighted by atomic mass is 15.1. The quantitative estimate of drug-likeness (QED) is 0.855. The van der Waals surface area contributed by atoms with E-state index in [0.29, 0.717) is 11.7 Å². The Labute approximate surface area is 101 Å². The van der Waals surface area contributed by atoms with Crippen molar-refractivity contribution in [3.05, 3.63) is 12.7 Å². The predicted molar refractivity (Wildman–Crippen MR) is 68.8 cm³/mol. The fourth-order valence-electron chi connectivity index (χ4n) is 1.97. The van der Waals surface area contributed by atoms with E-state index in [-0.39, 0.29) is 5.41 Å². The van der Waals surface area contributed by atoms with Gasteiger partial charge in [0.05, 0.1) is 6.33 Å². The van der Waals surface area contributed by atoms with Crippen LogP contribution >= 0.6 is 0 Å². The fraction of sp³-hybridized carbons (Fsp3) is 0.583. The van der Waals surface area contributed by atoms with Gasteiger partial charge in [-0.3, -0.25) is 0 Å². The Morgan fingerprint density at radius 1 is 1.29 bits per heavy atom. The largest absolute Gasteiger partial charge is 0.365 e. The molecule has 0 aliphatic carbocycles. The molecule has 0 bridgehead atoms. The lowest BCUT2D eigenvalue weighted by Crippen LogP contribution is -2.33. The van der Waals surface area contributed by atoms with Crippen molar-refractivity contribution in [1.82, 2.24) is 19.9 Å². The van der Waals surface area contributed by atoms with E-state index in [4.69, 9.17) is 0 Å². The van der Waals surface area contributed by atoms with Gasteiger partial charge in [-0.15, -0.1) is 0 Å². The molecule has 2 heterocycles. The van der Waals surface area contributed by atoms with Crippen molar-refractivity contribution in [1.29, 1.82) is 0 Å². The molecule has 2 rings (SSSR count). The Balaban J connectivity index is 2.31. The average molecular weight is 233 g/mol. The molecule has 2 N–H and O–H groups in total. The molecule has 0 saturated carbocycles. The molecule has 0 aliphatic heterocycles. The van der Waals surface area contributed by atoms with Crippen LogP contribution in [0.15, 0.2) is 12.7 Å². The third-order valence-corrected chi connectivity index (χ3v) is 2.99. The summed E-state index contributed by atoms with van der Waals surface area (Å²) in [7, 11) is 0. The van der Waals surface area contributed by atoms with Gasteiger partial charge in [-0.2, -0.15) is 0 Å². The van der Waals surface area contributed by atoms with Crippen LogP contribution in [-0.2, 0) is 0 Å². The number of nitrogens with one attached hydrogen (secondary N) is 2. The molecule has 0 unspecified atom stereocenters. The summed E-state index contributed by atoms with van der Waals surface area (Å²) >= 11 is 0. The third-order valence-electron chi connectivity index (χ3n) is 2.99. The van der Waals surface area contributed by atoms with Crippen LogP contribution < -0.4 is 5.32 Å². The van der Waals surface area contributed by atoms with Crippen LogP contribution in [0.3, 0.4) is 0 Å². The minimum Gasteiger partial charge on any atom is -0.365 e. The molecule has 92 valence electrons. The number of fused-ring (bicyclic) bond motifs is 1. The number of aromatic nitrogens is 4. The molecule has 2 aromatic rings. The van der Waals surface area contributed by atoms with Crippen molar-refractivity contribution in [3.8, 4) is 0 Å². The highest BCUT2D eigenvalue weighted by Crippen LogP contribution is 2.26. The van der Waals surface area contributed by atoms with Crippen molar-refractivity contribution in [2.45, 2.75) is 40.2 Å². The van der Waals surface area contributed by atoms with Gasteiger partial charge >= 0.3 is 0 Å². The molecule has 17 heavy (non-hydrogen) atoms. The second-order valence-electron chi connectivity index (χ2n) is 5.29. The van der Waals surface area contributed by atoms with Gasteiger partial charge in [-0.05, 0) is 11.8 Å². The second-order valence-corrected chi connectivity index (χ2v) is 5.29. The molecule has 0 fully saturated rings. The number of hydrogen-bond donors (Lipinski definition) is 2. The van der Waals surface area contributed by atoms with E-state index >= 15 is 0 Å². The first kappa shape index (κ1) is 11.8. The summed E-state index contributed by atoms with van der Waals surface area (Å²) in [4.78, 5) is 15.6. The molecule has 0 saturated heterocycles. The lowest BCUT2D eigenvalue weighted by Gasteiger charge is -2.31. The van der Waals surface area contributed by atoms with Crippen molar-refractivity contribution in [2.24, 2.45) is 5.41 Å². The van der Waals surface area contributed by atoms with Gasteiger partial charge in [0.15, 0.2) is 11.5 Å². The topological polar surface area (TPSA) is 66.5 Å². The van der Waals surface area contributed by atoms with Gasteiger partial charge in [0.25, 0.3) is 0 Å². The van der Waals surface area contributed by atoms with E-state index in [1.807, 2.05) is 0 Å².